The van der Waals surface area contributed by atoms with Crippen molar-refractivity contribution in [3.8, 4) is 0 Å². The number of fused-ring (bicyclic) bond motifs is 1. The molecule has 0 aliphatic heterocycles. The third-order valence-corrected chi connectivity index (χ3v) is 7.51. The fourth-order valence-corrected chi connectivity index (χ4v) is 5.57. The number of aromatic nitrogens is 3. The number of hydrogen-bond donors (Lipinski definition) is 1. The zero-order valence-corrected chi connectivity index (χ0v) is 18.1. The first-order chi connectivity index (χ1) is 13.9. The number of pyridine rings is 1. The van der Waals surface area contributed by atoms with Gasteiger partial charge in [-0.2, -0.15) is 0 Å². The van der Waals surface area contributed by atoms with Crippen LogP contribution in [0.2, 0.25) is 0 Å². The van der Waals surface area contributed by atoms with Crippen molar-refractivity contribution >= 4 is 21.2 Å². The van der Waals surface area contributed by atoms with Gasteiger partial charge in [-0.1, -0.05) is 25.3 Å². The summed E-state index contributed by atoms with van der Waals surface area (Å²) in [6, 6.07) is 7.80. The predicted molar refractivity (Wildman–Crippen MR) is 114 cm³/mol. The van der Waals surface area contributed by atoms with E-state index in [1.165, 1.54) is 19.3 Å². The number of aryl methyl sites for hydroxylation is 3. The van der Waals surface area contributed by atoms with Gasteiger partial charge in [-0.15, -0.1) is 0 Å². The Morgan fingerprint density at radius 3 is 2.55 bits per heavy atom. The van der Waals surface area contributed by atoms with Gasteiger partial charge in [0.1, 0.15) is 11.3 Å². The highest BCUT2D eigenvalue weighted by Gasteiger charge is 2.24. The number of benzene rings is 1. The molecule has 1 saturated carbocycles. The molecule has 1 aromatic carbocycles. The zero-order chi connectivity index (χ0) is 20.6. The van der Waals surface area contributed by atoms with Crippen LogP contribution in [0.15, 0.2) is 35.4 Å². The van der Waals surface area contributed by atoms with Crippen LogP contribution in [-0.2, 0) is 16.6 Å². The maximum absolute atomic E-state index is 13.0. The molecule has 3 aromatic rings. The molecule has 0 saturated heterocycles. The van der Waals surface area contributed by atoms with Crippen molar-refractivity contribution in [1.29, 1.82) is 0 Å². The molecule has 0 spiro atoms. The molecule has 1 fully saturated rings. The summed E-state index contributed by atoms with van der Waals surface area (Å²) in [6.45, 7) is 5.91. The molecular weight excluding hydrogens is 384 g/mol. The highest BCUT2D eigenvalue weighted by atomic mass is 32.2. The Kier molecular flexibility index (Phi) is 5.44. The average molecular weight is 413 g/mol. The quantitative estimate of drug-likeness (QED) is 0.676. The summed E-state index contributed by atoms with van der Waals surface area (Å²) in [7, 11) is -3.64. The molecule has 1 aliphatic rings. The van der Waals surface area contributed by atoms with Crippen LogP contribution < -0.4 is 4.72 Å². The predicted octanol–water partition coefficient (Wildman–Crippen LogP) is 4.34. The molecule has 2 aromatic heterocycles. The van der Waals surface area contributed by atoms with E-state index in [0.29, 0.717) is 10.9 Å². The molecule has 0 atom stereocenters. The highest BCUT2D eigenvalue weighted by Crippen LogP contribution is 2.32. The lowest BCUT2D eigenvalue weighted by atomic mass is 9.95. The van der Waals surface area contributed by atoms with E-state index in [1.54, 1.807) is 12.3 Å². The van der Waals surface area contributed by atoms with Crippen LogP contribution in [0.1, 0.15) is 60.7 Å². The van der Waals surface area contributed by atoms with Gasteiger partial charge >= 0.3 is 0 Å². The van der Waals surface area contributed by atoms with Gasteiger partial charge in [0.2, 0.25) is 10.0 Å². The highest BCUT2D eigenvalue weighted by molar-refractivity contribution is 7.89. The van der Waals surface area contributed by atoms with Crippen LogP contribution in [0.3, 0.4) is 0 Å². The third kappa shape index (κ3) is 3.94. The Labute approximate surface area is 172 Å². The summed E-state index contributed by atoms with van der Waals surface area (Å²) < 4.78 is 31.0. The number of sulfonamides is 1. The first-order valence-electron chi connectivity index (χ1n) is 10.3. The van der Waals surface area contributed by atoms with Crippen LogP contribution in [0.5, 0.6) is 0 Å². The summed E-state index contributed by atoms with van der Waals surface area (Å²) in [5, 5.41) is 0. The van der Waals surface area contributed by atoms with Crippen LogP contribution in [-0.4, -0.2) is 23.0 Å². The minimum atomic E-state index is -3.64. The molecule has 1 N–H and O–H groups in total. The van der Waals surface area contributed by atoms with E-state index in [2.05, 4.69) is 14.3 Å². The van der Waals surface area contributed by atoms with Gasteiger partial charge in [-0.05, 0) is 68.5 Å². The van der Waals surface area contributed by atoms with Gasteiger partial charge in [-0.3, -0.25) is 0 Å². The molecule has 1 aliphatic carbocycles. The Hall–Kier alpha value is -2.25. The van der Waals surface area contributed by atoms with Gasteiger partial charge in [0, 0.05) is 12.2 Å². The second kappa shape index (κ2) is 7.88. The molecule has 0 bridgehead atoms. The topological polar surface area (TPSA) is 76.9 Å². The van der Waals surface area contributed by atoms with E-state index in [9.17, 15) is 8.42 Å². The van der Waals surface area contributed by atoms with Crippen LogP contribution >= 0.6 is 0 Å². The van der Waals surface area contributed by atoms with Crippen molar-refractivity contribution in [1.82, 2.24) is 19.3 Å². The molecule has 4 rings (SSSR count). The minimum absolute atomic E-state index is 0.154. The van der Waals surface area contributed by atoms with Gasteiger partial charge in [-0.25, -0.2) is 23.1 Å². The Morgan fingerprint density at radius 2 is 1.79 bits per heavy atom. The average Bonchev–Trinajstić information content (AvgIpc) is 3.08. The van der Waals surface area contributed by atoms with E-state index in [-0.39, 0.29) is 6.54 Å². The second-order valence-corrected chi connectivity index (χ2v) is 9.80. The van der Waals surface area contributed by atoms with Crippen molar-refractivity contribution in [2.24, 2.45) is 0 Å². The fraction of sp³-hybridized carbons (Fsp3) is 0.455. The van der Waals surface area contributed by atoms with Gasteiger partial charge in [0.25, 0.3) is 0 Å². The van der Waals surface area contributed by atoms with Crippen molar-refractivity contribution in [2.75, 3.05) is 0 Å². The Bertz CT molecular complexity index is 1150. The second-order valence-electron chi connectivity index (χ2n) is 8.06. The SMILES string of the molecule is Cc1cc(C)c(S(=O)(=O)NCc2nc3cccnc3n2C2CCCCC2)cc1C. The summed E-state index contributed by atoms with van der Waals surface area (Å²) in [5.41, 5.74) is 4.47. The zero-order valence-electron chi connectivity index (χ0n) is 17.3. The normalized spacial score (nSPS) is 15.8. The lowest BCUT2D eigenvalue weighted by molar-refractivity contribution is 0.350. The maximum atomic E-state index is 13.0. The lowest BCUT2D eigenvalue weighted by Crippen LogP contribution is -2.27. The first-order valence-corrected chi connectivity index (χ1v) is 11.7. The van der Waals surface area contributed by atoms with Crippen LogP contribution in [0.25, 0.3) is 11.2 Å². The van der Waals surface area contributed by atoms with Crippen LogP contribution in [0, 0.1) is 20.8 Å². The Balaban J connectivity index is 1.67. The third-order valence-electron chi connectivity index (χ3n) is 5.96. The number of rotatable bonds is 5. The van der Waals surface area contributed by atoms with E-state index in [1.807, 2.05) is 39.0 Å². The van der Waals surface area contributed by atoms with Gasteiger partial charge < -0.3 is 4.57 Å². The van der Waals surface area contributed by atoms with Crippen molar-refractivity contribution in [3.05, 3.63) is 53.0 Å². The van der Waals surface area contributed by atoms with Crippen molar-refractivity contribution in [2.45, 2.75) is 70.4 Å². The summed E-state index contributed by atoms with van der Waals surface area (Å²) >= 11 is 0. The maximum Gasteiger partial charge on any atom is 0.241 e. The fourth-order valence-electron chi connectivity index (χ4n) is 4.29. The molecule has 154 valence electrons. The van der Waals surface area contributed by atoms with E-state index < -0.39 is 10.0 Å². The van der Waals surface area contributed by atoms with Gasteiger partial charge in [0.15, 0.2) is 5.65 Å². The number of nitrogens with one attached hydrogen (secondary N) is 1. The molecule has 6 nitrogen and oxygen atoms in total. The minimum Gasteiger partial charge on any atom is -0.308 e. The largest absolute Gasteiger partial charge is 0.308 e. The van der Waals surface area contributed by atoms with Crippen molar-refractivity contribution < 1.29 is 8.42 Å². The van der Waals surface area contributed by atoms with E-state index >= 15 is 0 Å². The Morgan fingerprint density at radius 1 is 1.07 bits per heavy atom. The molecule has 7 heteroatoms. The monoisotopic (exact) mass is 412 g/mol. The van der Waals surface area contributed by atoms with Gasteiger partial charge in [0.05, 0.1) is 11.4 Å². The lowest BCUT2D eigenvalue weighted by Gasteiger charge is -2.25. The van der Waals surface area contributed by atoms with Crippen LogP contribution in [0.4, 0.5) is 0 Å². The number of nitrogens with zero attached hydrogens (tertiary/aromatic N) is 3. The van der Waals surface area contributed by atoms with Crippen molar-refractivity contribution in [3.63, 3.8) is 0 Å². The molecular formula is C22H28N4O2S. The number of imidazole rings is 1. The summed E-state index contributed by atoms with van der Waals surface area (Å²) in [5.74, 6) is 0.732. The van der Waals surface area contributed by atoms with E-state index in [0.717, 1.165) is 46.5 Å². The molecule has 0 radical (unpaired) electrons. The molecule has 2 heterocycles. The first kappa shape index (κ1) is 20.0. The smallest absolute Gasteiger partial charge is 0.241 e. The molecule has 0 amide bonds. The number of hydrogen-bond acceptors (Lipinski definition) is 4. The van der Waals surface area contributed by atoms with E-state index in [4.69, 9.17) is 4.98 Å². The standard InChI is InChI=1S/C22H28N4O2S/c1-15-12-17(3)20(13-16(15)2)29(27,28)24-14-21-25-19-10-7-11-23-22(19)26(21)18-8-5-4-6-9-18/h7,10-13,18,24H,4-6,8-9,14H2,1-3H3. The summed E-state index contributed by atoms with van der Waals surface area (Å²) in [6.07, 6.45) is 7.56. The summed E-state index contributed by atoms with van der Waals surface area (Å²) in [4.78, 5) is 9.58. The molecule has 29 heavy (non-hydrogen) atoms. The molecule has 0 unspecified atom stereocenters.